The molecule has 3 rings (SSSR count). The molecule has 25 heavy (non-hydrogen) atoms. The van der Waals surface area contributed by atoms with Gasteiger partial charge in [0.15, 0.2) is 0 Å². The minimum atomic E-state index is -0.116. The Hall–Kier alpha value is -2.88. The minimum absolute atomic E-state index is 0.116. The molecule has 0 aliphatic carbocycles. The van der Waals surface area contributed by atoms with Crippen molar-refractivity contribution in [3.63, 3.8) is 0 Å². The molecule has 0 radical (unpaired) electrons. The molecule has 0 aliphatic heterocycles. The number of rotatable bonds is 5. The molecule has 2 N–H and O–H groups in total. The molecule has 0 spiro atoms. The number of nitrogens with zero attached hydrogens (tertiary/aromatic N) is 1. The number of fused-ring (bicyclic) bond motifs is 1. The number of aryl methyl sites for hydroxylation is 2. The normalized spacial score (nSPS) is 10.7. The van der Waals surface area contributed by atoms with Gasteiger partial charge in [0.25, 0.3) is 5.91 Å². The van der Waals surface area contributed by atoms with E-state index in [1.54, 1.807) is 6.20 Å². The number of benzene rings is 2. The summed E-state index contributed by atoms with van der Waals surface area (Å²) < 4.78 is 0. The molecule has 4 heteroatoms. The number of carbonyl (C=O) groups is 1. The van der Waals surface area contributed by atoms with E-state index in [1.807, 2.05) is 37.3 Å². The molecule has 0 atom stereocenters. The third-order valence-corrected chi connectivity index (χ3v) is 4.35. The summed E-state index contributed by atoms with van der Waals surface area (Å²) >= 11 is 0. The predicted octanol–water partition coefficient (Wildman–Crippen LogP) is 4.60. The van der Waals surface area contributed by atoms with Crippen LogP contribution in [0, 0.1) is 6.92 Å². The van der Waals surface area contributed by atoms with E-state index in [-0.39, 0.29) is 5.91 Å². The van der Waals surface area contributed by atoms with Crippen LogP contribution in [0.25, 0.3) is 10.9 Å². The van der Waals surface area contributed by atoms with Crippen molar-refractivity contribution in [1.29, 1.82) is 0 Å². The maximum atomic E-state index is 12.5. The monoisotopic (exact) mass is 333 g/mol. The number of hydrogen-bond acceptors (Lipinski definition) is 3. The first-order valence-corrected chi connectivity index (χ1v) is 8.67. The molecular formula is C21H23N3O. The molecule has 2 aromatic carbocycles. The van der Waals surface area contributed by atoms with Gasteiger partial charge >= 0.3 is 0 Å². The van der Waals surface area contributed by atoms with Crippen molar-refractivity contribution < 1.29 is 4.79 Å². The number of nitrogens with one attached hydrogen (secondary N) is 2. The molecule has 128 valence electrons. The van der Waals surface area contributed by atoms with Crippen molar-refractivity contribution in [2.75, 3.05) is 11.9 Å². The van der Waals surface area contributed by atoms with Gasteiger partial charge in [-0.2, -0.15) is 0 Å². The van der Waals surface area contributed by atoms with Crippen LogP contribution >= 0.6 is 0 Å². The zero-order valence-corrected chi connectivity index (χ0v) is 14.9. The van der Waals surface area contributed by atoms with E-state index in [1.165, 1.54) is 5.56 Å². The van der Waals surface area contributed by atoms with Crippen molar-refractivity contribution >= 4 is 28.2 Å². The van der Waals surface area contributed by atoms with Crippen LogP contribution in [0.2, 0.25) is 0 Å². The molecule has 1 heterocycles. The van der Waals surface area contributed by atoms with Crippen molar-refractivity contribution in [2.45, 2.75) is 27.2 Å². The van der Waals surface area contributed by atoms with Gasteiger partial charge in [0.2, 0.25) is 0 Å². The van der Waals surface area contributed by atoms with Crippen LogP contribution in [0.1, 0.15) is 35.3 Å². The zero-order valence-electron chi connectivity index (χ0n) is 14.9. The molecule has 1 amide bonds. The Balaban J connectivity index is 2.22. The highest BCUT2D eigenvalue weighted by Crippen LogP contribution is 2.31. The highest BCUT2D eigenvalue weighted by Gasteiger charge is 2.17. The average molecular weight is 333 g/mol. The molecule has 0 saturated carbocycles. The summed E-state index contributed by atoms with van der Waals surface area (Å²) in [7, 11) is 0. The number of carbonyl (C=O) groups excluding carboxylic acids is 1. The first kappa shape index (κ1) is 17.0. The highest BCUT2D eigenvalue weighted by molar-refractivity contribution is 6.08. The molecule has 0 unspecified atom stereocenters. The number of aromatic nitrogens is 1. The summed E-state index contributed by atoms with van der Waals surface area (Å²) in [6.07, 6.45) is 2.57. The van der Waals surface area contributed by atoms with Crippen molar-refractivity contribution in [3.05, 3.63) is 65.4 Å². The molecule has 0 saturated heterocycles. The van der Waals surface area contributed by atoms with Gasteiger partial charge in [-0.05, 0) is 37.5 Å². The molecule has 0 aliphatic rings. The van der Waals surface area contributed by atoms with E-state index in [0.717, 1.165) is 34.3 Å². The summed E-state index contributed by atoms with van der Waals surface area (Å²) in [6.45, 7) is 6.66. The zero-order chi connectivity index (χ0) is 17.8. The van der Waals surface area contributed by atoms with E-state index < -0.39 is 0 Å². The van der Waals surface area contributed by atoms with Gasteiger partial charge < -0.3 is 10.6 Å². The fourth-order valence-corrected chi connectivity index (χ4v) is 2.98. The fraction of sp³-hybridized carbons (Fsp3) is 0.238. The Morgan fingerprint density at radius 2 is 1.88 bits per heavy atom. The SMILES string of the molecule is CCNC(=O)c1cnc2c(CC)cccc2c1Nc1ccccc1C. The maximum Gasteiger partial charge on any atom is 0.254 e. The van der Waals surface area contributed by atoms with Crippen LogP contribution in [0.15, 0.2) is 48.7 Å². The molecule has 0 fully saturated rings. The third kappa shape index (κ3) is 3.33. The summed E-state index contributed by atoms with van der Waals surface area (Å²) in [5.74, 6) is -0.116. The van der Waals surface area contributed by atoms with E-state index in [4.69, 9.17) is 0 Å². The van der Waals surface area contributed by atoms with Gasteiger partial charge in [0.05, 0.1) is 16.8 Å². The van der Waals surface area contributed by atoms with E-state index in [0.29, 0.717) is 12.1 Å². The fourth-order valence-electron chi connectivity index (χ4n) is 2.98. The van der Waals surface area contributed by atoms with Crippen molar-refractivity contribution in [2.24, 2.45) is 0 Å². The second-order valence-corrected chi connectivity index (χ2v) is 6.01. The van der Waals surface area contributed by atoms with Crippen LogP contribution in [-0.2, 0) is 6.42 Å². The smallest absolute Gasteiger partial charge is 0.254 e. The second-order valence-electron chi connectivity index (χ2n) is 6.01. The highest BCUT2D eigenvalue weighted by atomic mass is 16.1. The summed E-state index contributed by atoms with van der Waals surface area (Å²) in [6, 6.07) is 14.2. The summed E-state index contributed by atoms with van der Waals surface area (Å²) in [5.41, 5.74) is 5.59. The van der Waals surface area contributed by atoms with E-state index in [9.17, 15) is 4.79 Å². The molecule has 4 nitrogen and oxygen atoms in total. The minimum Gasteiger partial charge on any atom is -0.354 e. The number of amides is 1. The van der Waals surface area contributed by atoms with Crippen molar-refractivity contribution in [1.82, 2.24) is 10.3 Å². The lowest BCUT2D eigenvalue weighted by atomic mass is 10.0. The van der Waals surface area contributed by atoms with Gasteiger partial charge in [0.1, 0.15) is 0 Å². The lowest BCUT2D eigenvalue weighted by molar-refractivity contribution is 0.0956. The topological polar surface area (TPSA) is 54.0 Å². The van der Waals surface area contributed by atoms with Crippen LogP contribution < -0.4 is 10.6 Å². The second kappa shape index (κ2) is 7.34. The standard InChI is InChI=1S/C21H23N3O/c1-4-15-10-8-11-16-19(15)23-13-17(21(25)22-5-2)20(16)24-18-12-7-6-9-14(18)3/h6-13H,4-5H2,1-3H3,(H,22,25)(H,23,24). The van der Waals surface area contributed by atoms with Gasteiger partial charge in [-0.25, -0.2) is 0 Å². The molecular weight excluding hydrogens is 310 g/mol. The van der Waals surface area contributed by atoms with E-state index >= 15 is 0 Å². The molecule has 0 bridgehead atoms. The van der Waals surface area contributed by atoms with Gasteiger partial charge in [-0.3, -0.25) is 9.78 Å². The number of para-hydroxylation sites is 2. The van der Waals surface area contributed by atoms with Crippen molar-refractivity contribution in [3.8, 4) is 0 Å². The Bertz CT molecular complexity index is 918. The summed E-state index contributed by atoms with van der Waals surface area (Å²) in [5, 5.41) is 7.31. The Morgan fingerprint density at radius 1 is 1.08 bits per heavy atom. The molecule has 3 aromatic rings. The maximum absolute atomic E-state index is 12.5. The Labute approximate surface area is 148 Å². The van der Waals surface area contributed by atoms with Crippen LogP contribution in [-0.4, -0.2) is 17.4 Å². The van der Waals surface area contributed by atoms with E-state index in [2.05, 4.69) is 41.6 Å². The lowest BCUT2D eigenvalue weighted by Crippen LogP contribution is -2.24. The number of hydrogen-bond donors (Lipinski definition) is 2. The average Bonchev–Trinajstić information content (AvgIpc) is 2.63. The van der Waals surface area contributed by atoms with Crippen LogP contribution in [0.3, 0.4) is 0 Å². The molecule has 1 aromatic heterocycles. The largest absolute Gasteiger partial charge is 0.354 e. The van der Waals surface area contributed by atoms with Gasteiger partial charge in [-0.1, -0.05) is 43.3 Å². The number of anilines is 2. The third-order valence-electron chi connectivity index (χ3n) is 4.35. The quantitative estimate of drug-likeness (QED) is 0.717. The van der Waals surface area contributed by atoms with Crippen LogP contribution in [0.5, 0.6) is 0 Å². The van der Waals surface area contributed by atoms with Gasteiger partial charge in [0, 0.05) is 23.8 Å². The number of pyridine rings is 1. The lowest BCUT2D eigenvalue weighted by Gasteiger charge is -2.17. The van der Waals surface area contributed by atoms with Gasteiger partial charge in [-0.15, -0.1) is 0 Å². The summed E-state index contributed by atoms with van der Waals surface area (Å²) in [4.78, 5) is 17.1. The predicted molar refractivity (Wildman–Crippen MR) is 104 cm³/mol. The Kier molecular flexibility index (Phi) is 4.98. The first-order chi connectivity index (χ1) is 12.2. The van der Waals surface area contributed by atoms with Crippen LogP contribution in [0.4, 0.5) is 11.4 Å². The first-order valence-electron chi connectivity index (χ1n) is 8.67. The Morgan fingerprint density at radius 3 is 2.60 bits per heavy atom.